The Morgan fingerprint density at radius 3 is 2.24 bits per heavy atom. The molecule has 0 radical (unpaired) electrons. The normalized spacial score (nSPS) is 13.7. The molecular formula is C17H18F3NO3S. The second-order valence-electron chi connectivity index (χ2n) is 5.76. The molecule has 136 valence electrons. The Balaban J connectivity index is 2.11. The molecule has 0 unspecified atom stereocenters. The van der Waals surface area contributed by atoms with Crippen LogP contribution in [0, 0.1) is 13.8 Å². The van der Waals surface area contributed by atoms with E-state index in [1.165, 1.54) is 6.07 Å². The van der Waals surface area contributed by atoms with Gasteiger partial charge in [0.1, 0.15) is 0 Å². The molecule has 4 nitrogen and oxygen atoms in total. The van der Waals surface area contributed by atoms with E-state index in [0.717, 1.165) is 29.8 Å². The number of aliphatic hydroxyl groups excluding tert-OH is 1. The van der Waals surface area contributed by atoms with Crippen molar-refractivity contribution in [3.63, 3.8) is 0 Å². The lowest BCUT2D eigenvalue weighted by molar-refractivity contribution is -0.137. The molecule has 2 N–H and O–H groups in total. The highest BCUT2D eigenvalue weighted by atomic mass is 32.2. The molecule has 0 heterocycles. The third kappa shape index (κ3) is 4.81. The van der Waals surface area contributed by atoms with E-state index in [0.29, 0.717) is 5.56 Å². The molecule has 1 atom stereocenters. The van der Waals surface area contributed by atoms with Gasteiger partial charge in [-0.3, -0.25) is 0 Å². The smallest absolute Gasteiger partial charge is 0.387 e. The third-order valence-corrected chi connectivity index (χ3v) is 5.29. The van der Waals surface area contributed by atoms with Crippen LogP contribution in [0.3, 0.4) is 0 Å². The van der Waals surface area contributed by atoms with Crippen LogP contribution < -0.4 is 4.72 Å². The SMILES string of the molecule is Cc1ccc(C)c(S(=O)(=O)NC[C@@H](O)c2ccc(C(F)(F)F)cc2)c1. The molecule has 25 heavy (non-hydrogen) atoms. The van der Waals surface area contributed by atoms with Crippen LogP contribution in [0.25, 0.3) is 0 Å². The molecule has 0 saturated carbocycles. The third-order valence-electron chi connectivity index (χ3n) is 3.72. The number of rotatable bonds is 5. The van der Waals surface area contributed by atoms with Crippen molar-refractivity contribution in [2.75, 3.05) is 6.54 Å². The number of hydrogen-bond donors (Lipinski definition) is 2. The maximum Gasteiger partial charge on any atom is 0.416 e. The van der Waals surface area contributed by atoms with Gasteiger partial charge in [0.2, 0.25) is 10.0 Å². The molecule has 0 aromatic heterocycles. The van der Waals surface area contributed by atoms with Gasteiger partial charge in [-0.2, -0.15) is 13.2 Å². The summed E-state index contributed by atoms with van der Waals surface area (Å²) in [5.41, 5.74) is 0.687. The highest BCUT2D eigenvalue weighted by molar-refractivity contribution is 7.89. The molecule has 0 saturated heterocycles. The second kappa shape index (κ2) is 7.15. The largest absolute Gasteiger partial charge is 0.416 e. The minimum absolute atomic E-state index is 0.104. The summed E-state index contributed by atoms with van der Waals surface area (Å²) >= 11 is 0. The van der Waals surface area contributed by atoms with Gasteiger partial charge in [-0.25, -0.2) is 13.1 Å². The molecule has 0 bridgehead atoms. The fraction of sp³-hybridized carbons (Fsp3) is 0.294. The van der Waals surface area contributed by atoms with Crippen molar-refractivity contribution in [3.05, 3.63) is 64.7 Å². The van der Waals surface area contributed by atoms with Gasteiger partial charge in [0.15, 0.2) is 0 Å². The first-order chi connectivity index (χ1) is 11.5. The molecule has 0 aliphatic heterocycles. The van der Waals surface area contributed by atoms with E-state index in [2.05, 4.69) is 4.72 Å². The highest BCUT2D eigenvalue weighted by Crippen LogP contribution is 2.30. The molecule has 0 aliphatic carbocycles. The number of alkyl halides is 3. The maximum atomic E-state index is 12.5. The zero-order valence-electron chi connectivity index (χ0n) is 13.6. The van der Waals surface area contributed by atoms with Crippen molar-refractivity contribution in [2.24, 2.45) is 0 Å². The van der Waals surface area contributed by atoms with Crippen LogP contribution in [0.2, 0.25) is 0 Å². The topological polar surface area (TPSA) is 66.4 Å². The predicted octanol–water partition coefficient (Wildman–Crippen LogP) is 3.33. The standard InChI is InChI=1S/C17H18F3NO3S/c1-11-3-4-12(2)16(9-11)25(23,24)21-10-15(22)13-5-7-14(8-6-13)17(18,19)20/h3-9,15,21-22H,10H2,1-2H3/t15-/m1/s1. The van der Waals surface area contributed by atoms with Gasteiger partial charge in [0.25, 0.3) is 0 Å². The Bertz CT molecular complexity index is 846. The van der Waals surface area contributed by atoms with Gasteiger partial charge in [0.05, 0.1) is 16.6 Å². The van der Waals surface area contributed by atoms with Crippen LogP contribution in [0.1, 0.15) is 28.4 Å². The van der Waals surface area contributed by atoms with E-state index in [-0.39, 0.29) is 17.0 Å². The van der Waals surface area contributed by atoms with E-state index < -0.39 is 27.9 Å². The molecule has 2 rings (SSSR count). The van der Waals surface area contributed by atoms with Crippen LogP contribution in [0.15, 0.2) is 47.4 Å². The van der Waals surface area contributed by atoms with Gasteiger partial charge in [-0.05, 0) is 48.7 Å². The van der Waals surface area contributed by atoms with Gasteiger partial charge in [0, 0.05) is 6.54 Å². The van der Waals surface area contributed by atoms with Crippen molar-refractivity contribution < 1.29 is 26.7 Å². The second-order valence-corrected chi connectivity index (χ2v) is 7.49. The summed E-state index contributed by atoms with van der Waals surface area (Å²) in [5, 5.41) is 10.0. The minimum atomic E-state index is -4.46. The Labute approximate surface area is 144 Å². The molecule has 0 fully saturated rings. The molecule has 2 aromatic rings. The summed E-state index contributed by atoms with van der Waals surface area (Å²) in [6.07, 6.45) is -5.73. The quantitative estimate of drug-likeness (QED) is 0.845. The Morgan fingerprint density at radius 1 is 1.08 bits per heavy atom. The van der Waals surface area contributed by atoms with E-state index in [4.69, 9.17) is 0 Å². The van der Waals surface area contributed by atoms with E-state index >= 15 is 0 Å². The molecule has 0 amide bonds. The predicted molar refractivity (Wildman–Crippen MR) is 87.5 cm³/mol. The minimum Gasteiger partial charge on any atom is -0.387 e. The number of hydrogen-bond acceptors (Lipinski definition) is 3. The monoisotopic (exact) mass is 373 g/mol. The molecular weight excluding hydrogens is 355 g/mol. The van der Waals surface area contributed by atoms with Crippen molar-refractivity contribution in [3.8, 4) is 0 Å². The fourth-order valence-electron chi connectivity index (χ4n) is 2.28. The number of aliphatic hydroxyl groups is 1. The molecule has 0 spiro atoms. The number of aryl methyl sites for hydroxylation is 2. The number of nitrogens with one attached hydrogen (secondary N) is 1. The Kier molecular flexibility index (Phi) is 5.55. The van der Waals surface area contributed by atoms with Gasteiger partial charge < -0.3 is 5.11 Å². The van der Waals surface area contributed by atoms with Gasteiger partial charge in [-0.1, -0.05) is 24.3 Å². The van der Waals surface area contributed by atoms with E-state index in [1.54, 1.807) is 26.0 Å². The summed E-state index contributed by atoms with van der Waals surface area (Å²) in [7, 11) is -3.84. The Morgan fingerprint density at radius 2 is 1.68 bits per heavy atom. The fourth-order valence-corrected chi connectivity index (χ4v) is 3.64. The van der Waals surface area contributed by atoms with Crippen molar-refractivity contribution in [1.29, 1.82) is 0 Å². The van der Waals surface area contributed by atoms with Crippen LogP contribution in [0.5, 0.6) is 0 Å². The lowest BCUT2D eigenvalue weighted by atomic mass is 10.1. The number of benzene rings is 2. The first kappa shape index (κ1) is 19.4. The summed E-state index contributed by atoms with van der Waals surface area (Å²) in [6.45, 7) is 3.07. The molecule has 8 heteroatoms. The van der Waals surface area contributed by atoms with Crippen molar-refractivity contribution >= 4 is 10.0 Å². The number of halogens is 3. The lowest BCUT2D eigenvalue weighted by Gasteiger charge is -2.15. The first-order valence-corrected chi connectivity index (χ1v) is 8.91. The average molecular weight is 373 g/mol. The lowest BCUT2D eigenvalue weighted by Crippen LogP contribution is -2.29. The van der Waals surface area contributed by atoms with E-state index in [9.17, 15) is 26.7 Å². The summed E-state index contributed by atoms with van der Waals surface area (Å²) in [4.78, 5) is 0.104. The molecule has 0 aliphatic rings. The van der Waals surface area contributed by atoms with Gasteiger partial charge >= 0.3 is 6.18 Å². The van der Waals surface area contributed by atoms with Crippen LogP contribution in [0.4, 0.5) is 13.2 Å². The average Bonchev–Trinajstić information content (AvgIpc) is 2.54. The zero-order chi connectivity index (χ0) is 18.8. The Hall–Kier alpha value is -1.90. The number of sulfonamides is 1. The van der Waals surface area contributed by atoms with Crippen LogP contribution >= 0.6 is 0 Å². The summed E-state index contributed by atoms with van der Waals surface area (Å²) in [5.74, 6) is 0. The van der Waals surface area contributed by atoms with Crippen molar-refractivity contribution in [1.82, 2.24) is 4.72 Å². The molecule has 2 aromatic carbocycles. The van der Waals surface area contributed by atoms with Crippen LogP contribution in [-0.2, 0) is 16.2 Å². The van der Waals surface area contributed by atoms with Crippen molar-refractivity contribution in [2.45, 2.75) is 31.0 Å². The van der Waals surface area contributed by atoms with Gasteiger partial charge in [-0.15, -0.1) is 0 Å². The highest BCUT2D eigenvalue weighted by Gasteiger charge is 2.30. The summed E-state index contributed by atoms with van der Waals surface area (Å²) < 4.78 is 64.6. The zero-order valence-corrected chi connectivity index (χ0v) is 14.4. The van der Waals surface area contributed by atoms with Crippen LogP contribution in [-0.4, -0.2) is 20.1 Å². The maximum absolute atomic E-state index is 12.5. The summed E-state index contributed by atoms with van der Waals surface area (Å²) in [6, 6.07) is 8.92. The first-order valence-electron chi connectivity index (χ1n) is 7.43. The van der Waals surface area contributed by atoms with E-state index in [1.807, 2.05) is 0 Å².